The van der Waals surface area contributed by atoms with E-state index in [4.69, 9.17) is 9.26 Å². The van der Waals surface area contributed by atoms with Crippen LogP contribution < -0.4 is 10.3 Å². The lowest BCUT2D eigenvalue weighted by atomic mass is 10.0. The van der Waals surface area contributed by atoms with E-state index < -0.39 is 5.82 Å². The molecule has 0 atom stereocenters. The lowest BCUT2D eigenvalue weighted by molar-refractivity contribution is 0.420. The van der Waals surface area contributed by atoms with Gasteiger partial charge >= 0.3 is 0 Å². The first kappa shape index (κ1) is 17.6. The minimum absolute atomic E-state index is 0.0396. The molecule has 0 aliphatic rings. The fourth-order valence-corrected chi connectivity index (χ4v) is 2.94. The predicted octanol–water partition coefficient (Wildman–Crippen LogP) is 4.86. The van der Waals surface area contributed by atoms with Crippen molar-refractivity contribution >= 4 is 0 Å². The molecule has 1 aromatic heterocycles. The fourth-order valence-electron chi connectivity index (χ4n) is 2.94. The number of nitrogens with one attached hydrogen (secondary N) is 1. The minimum Gasteiger partial charge on any atom is -0.507 e. The standard InChI is InChI=1S/C22H16FNO4/c23-18-8-4-5-15(22(18)27-16-6-2-1-3-7-16)11-14-9-10-17(19(25)12-14)20-13-21(26)24-28-20/h1-10,12-13,25H,11H2,(H,24,26). The van der Waals surface area contributed by atoms with Gasteiger partial charge in [0.2, 0.25) is 0 Å². The average molecular weight is 377 g/mol. The number of halogens is 1. The number of rotatable bonds is 5. The average Bonchev–Trinajstić information content (AvgIpc) is 3.11. The topological polar surface area (TPSA) is 75.5 Å². The van der Waals surface area contributed by atoms with E-state index in [1.165, 1.54) is 12.1 Å². The number of ether oxygens (including phenoxy) is 1. The maximum absolute atomic E-state index is 14.4. The molecule has 4 aromatic rings. The molecule has 4 rings (SSSR count). The second-order valence-electron chi connectivity index (χ2n) is 6.25. The summed E-state index contributed by atoms with van der Waals surface area (Å²) in [6.45, 7) is 0. The molecule has 0 saturated carbocycles. The van der Waals surface area contributed by atoms with Crippen LogP contribution in [-0.4, -0.2) is 10.3 Å². The van der Waals surface area contributed by atoms with Crippen molar-refractivity contribution in [3.63, 3.8) is 0 Å². The van der Waals surface area contributed by atoms with Crippen LogP contribution in [0.25, 0.3) is 11.3 Å². The van der Waals surface area contributed by atoms with E-state index >= 15 is 0 Å². The first-order valence-corrected chi connectivity index (χ1v) is 8.61. The van der Waals surface area contributed by atoms with Crippen LogP contribution in [0.3, 0.4) is 0 Å². The lowest BCUT2D eigenvalue weighted by Crippen LogP contribution is -1.97. The van der Waals surface area contributed by atoms with Crippen LogP contribution in [-0.2, 0) is 6.42 Å². The third-order valence-electron chi connectivity index (χ3n) is 4.26. The zero-order chi connectivity index (χ0) is 19.5. The maximum Gasteiger partial charge on any atom is 0.280 e. The monoisotopic (exact) mass is 377 g/mol. The molecule has 0 aliphatic carbocycles. The van der Waals surface area contributed by atoms with Gasteiger partial charge in [0, 0.05) is 12.0 Å². The summed E-state index contributed by atoms with van der Waals surface area (Å²) in [6, 6.07) is 20.0. The summed E-state index contributed by atoms with van der Waals surface area (Å²) in [5.41, 5.74) is 1.40. The van der Waals surface area contributed by atoms with Crippen molar-refractivity contribution in [1.29, 1.82) is 0 Å². The zero-order valence-electron chi connectivity index (χ0n) is 14.7. The van der Waals surface area contributed by atoms with Crippen molar-refractivity contribution in [2.75, 3.05) is 0 Å². The Morgan fingerprint density at radius 3 is 2.54 bits per heavy atom. The van der Waals surface area contributed by atoms with Gasteiger partial charge < -0.3 is 14.4 Å². The Labute approximate surface area is 159 Å². The van der Waals surface area contributed by atoms with Gasteiger partial charge in [0.1, 0.15) is 11.5 Å². The Morgan fingerprint density at radius 1 is 1.00 bits per heavy atom. The van der Waals surface area contributed by atoms with Crippen LogP contribution in [0.1, 0.15) is 11.1 Å². The molecule has 140 valence electrons. The van der Waals surface area contributed by atoms with Crippen LogP contribution >= 0.6 is 0 Å². The van der Waals surface area contributed by atoms with Crippen LogP contribution in [0.15, 0.2) is 82.1 Å². The summed E-state index contributed by atoms with van der Waals surface area (Å²) < 4.78 is 25.2. The highest BCUT2D eigenvalue weighted by atomic mass is 19.1. The van der Waals surface area contributed by atoms with Crippen molar-refractivity contribution in [3.8, 4) is 28.6 Å². The Morgan fingerprint density at radius 2 is 1.82 bits per heavy atom. The van der Waals surface area contributed by atoms with E-state index in [0.29, 0.717) is 23.3 Å². The molecule has 0 radical (unpaired) electrons. The van der Waals surface area contributed by atoms with Gasteiger partial charge in [0.05, 0.1) is 11.6 Å². The first-order valence-electron chi connectivity index (χ1n) is 8.61. The number of phenols is 1. The van der Waals surface area contributed by atoms with Crippen LogP contribution in [0.4, 0.5) is 4.39 Å². The number of hydrogen-bond acceptors (Lipinski definition) is 4. The highest BCUT2D eigenvalue weighted by molar-refractivity contribution is 5.65. The molecule has 0 amide bonds. The normalized spacial score (nSPS) is 10.8. The number of phenolic OH excluding ortho intramolecular Hbond substituents is 1. The van der Waals surface area contributed by atoms with E-state index in [1.807, 2.05) is 18.2 Å². The number of aromatic amines is 1. The van der Waals surface area contributed by atoms with Crippen LogP contribution in [0.2, 0.25) is 0 Å². The minimum atomic E-state index is -0.462. The fraction of sp³-hybridized carbons (Fsp3) is 0.0455. The molecule has 0 aliphatic heterocycles. The lowest BCUT2D eigenvalue weighted by Gasteiger charge is -2.13. The number of H-pyrrole nitrogens is 1. The van der Waals surface area contributed by atoms with Gasteiger partial charge in [-0.2, -0.15) is 5.16 Å². The van der Waals surface area contributed by atoms with Crippen molar-refractivity contribution in [2.45, 2.75) is 6.42 Å². The molecule has 0 bridgehead atoms. The molecule has 28 heavy (non-hydrogen) atoms. The molecule has 0 spiro atoms. The van der Waals surface area contributed by atoms with E-state index in [0.717, 1.165) is 5.56 Å². The quantitative estimate of drug-likeness (QED) is 0.521. The Balaban J connectivity index is 1.63. The molecule has 2 N–H and O–H groups in total. The maximum atomic E-state index is 14.4. The van der Waals surface area contributed by atoms with Gasteiger partial charge in [-0.15, -0.1) is 0 Å². The number of aromatic hydroxyl groups is 1. The summed E-state index contributed by atoms with van der Waals surface area (Å²) in [6.07, 6.45) is 0.352. The Hall–Kier alpha value is -3.80. The third kappa shape index (κ3) is 3.66. The van der Waals surface area contributed by atoms with Gasteiger partial charge in [-0.25, -0.2) is 4.39 Å². The summed E-state index contributed by atoms with van der Waals surface area (Å²) in [4.78, 5) is 11.2. The smallest absolute Gasteiger partial charge is 0.280 e. The number of aromatic nitrogens is 1. The van der Waals surface area contributed by atoms with Crippen molar-refractivity contribution < 1.29 is 18.8 Å². The molecule has 0 fully saturated rings. The molecular weight excluding hydrogens is 361 g/mol. The van der Waals surface area contributed by atoms with Gasteiger partial charge in [0.15, 0.2) is 17.3 Å². The highest BCUT2D eigenvalue weighted by Gasteiger charge is 2.14. The second-order valence-corrected chi connectivity index (χ2v) is 6.25. The molecule has 3 aromatic carbocycles. The SMILES string of the molecule is O=c1cc(-c2ccc(Cc3cccc(F)c3Oc3ccccc3)cc2O)o[nH]1. The van der Waals surface area contributed by atoms with Crippen molar-refractivity contribution in [2.24, 2.45) is 0 Å². The van der Waals surface area contributed by atoms with Gasteiger partial charge in [-0.3, -0.25) is 4.79 Å². The molecule has 1 heterocycles. The Bertz CT molecular complexity index is 1160. The summed E-state index contributed by atoms with van der Waals surface area (Å²) in [5, 5.41) is 12.5. The van der Waals surface area contributed by atoms with E-state index in [9.17, 15) is 14.3 Å². The zero-order valence-corrected chi connectivity index (χ0v) is 14.7. The summed E-state index contributed by atoms with van der Waals surface area (Å²) >= 11 is 0. The number of hydrogen-bond donors (Lipinski definition) is 2. The van der Waals surface area contributed by atoms with Crippen molar-refractivity contribution in [3.05, 3.63) is 100 Å². The highest BCUT2D eigenvalue weighted by Crippen LogP contribution is 2.33. The van der Waals surface area contributed by atoms with E-state index in [-0.39, 0.29) is 22.8 Å². The second kappa shape index (κ2) is 7.44. The largest absolute Gasteiger partial charge is 0.507 e. The van der Waals surface area contributed by atoms with Gasteiger partial charge in [-0.1, -0.05) is 36.4 Å². The summed E-state index contributed by atoms with van der Waals surface area (Å²) in [7, 11) is 0. The number of para-hydroxylation sites is 2. The van der Waals surface area contributed by atoms with E-state index in [2.05, 4.69) is 5.16 Å². The van der Waals surface area contributed by atoms with Gasteiger partial charge in [-0.05, 0) is 35.9 Å². The molecule has 6 heteroatoms. The molecule has 5 nitrogen and oxygen atoms in total. The molecule has 0 unspecified atom stereocenters. The van der Waals surface area contributed by atoms with E-state index in [1.54, 1.807) is 42.5 Å². The van der Waals surface area contributed by atoms with Gasteiger partial charge in [0.25, 0.3) is 5.56 Å². The molecular formula is C22H16FNO4. The predicted molar refractivity (Wildman–Crippen MR) is 102 cm³/mol. The van der Waals surface area contributed by atoms with Crippen molar-refractivity contribution in [1.82, 2.24) is 5.16 Å². The first-order chi connectivity index (χ1) is 13.6. The van der Waals surface area contributed by atoms with Crippen LogP contribution in [0.5, 0.6) is 17.2 Å². The number of benzene rings is 3. The summed E-state index contributed by atoms with van der Waals surface area (Å²) in [5.74, 6) is 0.426. The van der Waals surface area contributed by atoms with Crippen LogP contribution in [0, 0.1) is 5.82 Å². The third-order valence-corrected chi connectivity index (χ3v) is 4.26. The molecule has 0 saturated heterocycles. The Kier molecular flexibility index (Phi) is 4.68.